The fourth-order valence-corrected chi connectivity index (χ4v) is 1.02. The molecule has 3 N–H and O–H groups in total. The summed E-state index contributed by atoms with van der Waals surface area (Å²) in [6.45, 7) is 7.90. The molecule has 2 amide bonds. The van der Waals surface area contributed by atoms with Crippen molar-refractivity contribution in [2.75, 3.05) is 13.1 Å². The first-order valence-electron chi connectivity index (χ1n) is 6.00. The van der Waals surface area contributed by atoms with Gasteiger partial charge in [-0.15, -0.1) is 0 Å². The lowest BCUT2D eigenvalue weighted by Crippen LogP contribution is -2.38. The van der Waals surface area contributed by atoms with E-state index in [1.807, 2.05) is 27.7 Å². The number of aliphatic hydroxyl groups is 1. The zero-order valence-electron chi connectivity index (χ0n) is 11.2. The molecule has 0 fully saturated rings. The summed E-state index contributed by atoms with van der Waals surface area (Å²) in [4.78, 5) is 22.8. The molecular weight excluding hydrogens is 220 g/mol. The molecule has 0 rings (SSSR count). The van der Waals surface area contributed by atoms with Crippen molar-refractivity contribution in [1.82, 2.24) is 10.6 Å². The van der Waals surface area contributed by atoms with Crippen molar-refractivity contribution in [3.63, 3.8) is 0 Å². The summed E-state index contributed by atoms with van der Waals surface area (Å²) in [7, 11) is 0. The number of nitrogens with one attached hydrogen (secondary N) is 2. The van der Waals surface area contributed by atoms with Crippen molar-refractivity contribution in [3.05, 3.63) is 0 Å². The zero-order chi connectivity index (χ0) is 13.5. The van der Waals surface area contributed by atoms with Crippen LogP contribution in [0.2, 0.25) is 0 Å². The van der Waals surface area contributed by atoms with Gasteiger partial charge in [-0.3, -0.25) is 9.59 Å². The molecule has 0 saturated heterocycles. The second-order valence-electron chi connectivity index (χ2n) is 5.12. The Hall–Kier alpha value is -1.10. The quantitative estimate of drug-likeness (QED) is 0.634. The van der Waals surface area contributed by atoms with Crippen LogP contribution in [-0.4, -0.2) is 36.1 Å². The maximum Gasteiger partial charge on any atom is 0.225 e. The van der Waals surface area contributed by atoms with Crippen molar-refractivity contribution in [3.8, 4) is 0 Å². The molecular formula is C12H24N2O3. The van der Waals surface area contributed by atoms with E-state index < -0.39 is 11.5 Å². The Morgan fingerprint density at radius 1 is 1.24 bits per heavy atom. The summed E-state index contributed by atoms with van der Waals surface area (Å²) < 4.78 is 0. The van der Waals surface area contributed by atoms with E-state index in [2.05, 4.69) is 10.6 Å². The standard InChI is InChI=1S/C12H24N2O3/c1-5-9(15)8-14-10(16)6-7-13-11(17)12(2,3)4/h9,15H,5-8H2,1-4H3,(H,13,17)(H,14,16). The third-order valence-electron chi connectivity index (χ3n) is 2.32. The number of aliphatic hydroxyl groups excluding tert-OH is 1. The van der Waals surface area contributed by atoms with Gasteiger partial charge in [-0.25, -0.2) is 0 Å². The van der Waals surface area contributed by atoms with E-state index in [0.29, 0.717) is 13.0 Å². The minimum Gasteiger partial charge on any atom is -0.391 e. The maximum atomic E-state index is 11.5. The topological polar surface area (TPSA) is 78.4 Å². The first-order valence-corrected chi connectivity index (χ1v) is 6.00. The third-order valence-corrected chi connectivity index (χ3v) is 2.32. The van der Waals surface area contributed by atoms with Gasteiger partial charge >= 0.3 is 0 Å². The average Bonchev–Trinajstić information content (AvgIpc) is 2.24. The third kappa shape index (κ3) is 7.74. The molecule has 0 heterocycles. The van der Waals surface area contributed by atoms with Crippen LogP contribution < -0.4 is 10.6 Å². The molecule has 5 nitrogen and oxygen atoms in total. The number of carbonyl (C=O) groups excluding carboxylic acids is 2. The van der Waals surface area contributed by atoms with Gasteiger partial charge < -0.3 is 15.7 Å². The van der Waals surface area contributed by atoms with Crippen molar-refractivity contribution >= 4 is 11.8 Å². The summed E-state index contributed by atoms with van der Waals surface area (Å²) in [5.74, 6) is -0.231. The van der Waals surface area contributed by atoms with Crippen molar-refractivity contribution in [1.29, 1.82) is 0 Å². The predicted molar refractivity (Wildman–Crippen MR) is 66.4 cm³/mol. The largest absolute Gasteiger partial charge is 0.391 e. The summed E-state index contributed by atoms with van der Waals surface area (Å²) in [5.41, 5.74) is -0.436. The fourth-order valence-electron chi connectivity index (χ4n) is 1.02. The molecule has 0 spiro atoms. The molecule has 0 saturated carbocycles. The van der Waals surface area contributed by atoms with Crippen LogP contribution in [0.15, 0.2) is 0 Å². The Morgan fingerprint density at radius 2 is 1.82 bits per heavy atom. The summed E-state index contributed by atoms with van der Waals surface area (Å²) >= 11 is 0. The Labute approximate surface area is 103 Å². The second kappa shape index (κ2) is 7.27. The Morgan fingerprint density at radius 3 is 2.29 bits per heavy atom. The van der Waals surface area contributed by atoms with Crippen molar-refractivity contribution < 1.29 is 14.7 Å². The molecule has 0 aromatic heterocycles. The van der Waals surface area contributed by atoms with Crippen LogP contribution in [-0.2, 0) is 9.59 Å². The predicted octanol–water partition coefficient (Wildman–Crippen LogP) is 0.426. The lowest BCUT2D eigenvalue weighted by atomic mass is 9.96. The van der Waals surface area contributed by atoms with Crippen molar-refractivity contribution in [2.24, 2.45) is 5.41 Å². The van der Waals surface area contributed by atoms with Gasteiger partial charge in [0.15, 0.2) is 0 Å². The van der Waals surface area contributed by atoms with Crippen LogP contribution in [0.25, 0.3) is 0 Å². The first-order chi connectivity index (χ1) is 7.77. The Kier molecular flexibility index (Phi) is 6.80. The molecule has 0 aliphatic rings. The second-order valence-corrected chi connectivity index (χ2v) is 5.12. The highest BCUT2D eigenvalue weighted by molar-refractivity contribution is 5.82. The van der Waals surface area contributed by atoms with E-state index in [9.17, 15) is 14.7 Å². The number of hydrogen-bond donors (Lipinski definition) is 3. The van der Waals surface area contributed by atoms with Crippen molar-refractivity contribution in [2.45, 2.75) is 46.6 Å². The number of hydrogen-bond acceptors (Lipinski definition) is 3. The van der Waals surface area contributed by atoms with Gasteiger partial charge in [0.25, 0.3) is 0 Å². The van der Waals surface area contributed by atoms with Gasteiger partial charge in [-0.2, -0.15) is 0 Å². The summed E-state index contributed by atoms with van der Waals surface area (Å²) in [6, 6.07) is 0. The van der Waals surface area contributed by atoms with E-state index in [-0.39, 0.29) is 24.8 Å². The van der Waals surface area contributed by atoms with E-state index in [0.717, 1.165) is 0 Å². The minimum absolute atomic E-state index is 0.0705. The molecule has 0 aliphatic heterocycles. The van der Waals surface area contributed by atoms with Crippen LogP contribution >= 0.6 is 0 Å². The molecule has 0 radical (unpaired) electrons. The van der Waals surface area contributed by atoms with Crippen LogP contribution in [0.3, 0.4) is 0 Å². The normalized spacial score (nSPS) is 13.0. The highest BCUT2D eigenvalue weighted by atomic mass is 16.3. The van der Waals surface area contributed by atoms with Crippen LogP contribution in [0.5, 0.6) is 0 Å². The lowest BCUT2D eigenvalue weighted by molar-refractivity contribution is -0.128. The molecule has 17 heavy (non-hydrogen) atoms. The molecule has 0 aromatic carbocycles. The van der Waals surface area contributed by atoms with E-state index in [1.54, 1.807) is 0 Å². The monoisotopic (exact) mass is 244 g/mol. The highest BCUT2D eigenvalue weighted by Crippen LogP contribution is 2.11. The number of rotatable bonds is 6. The van der Waals surface area contributed by atoms with Gasteiger partial charge in [-0.05, 0) is 6.42 Å². The van der Waals surface area contributed by atoms with Gasteiger partial charge in [0.1, 0.15) is 0 Å². The summed E-state index contributed by atoms with van der Waals surface area (Å²) in [6.07, 6.45) is 0.349. The van der Waals surface area contributed by atoms with E-state index >= 15 is 0 Å². The molecule has 0 bridgehead atoms. The molecule has 1 unspecified atom stereocenters. The zero-order valence-corrected chi connectivity index (χ0v) is 11.2. The molecule has 1 atom stereocenters. The number of carbonyl (C=O) groups is 2. The van der Waals surface area contributed by atoms with E-state index in [1.165, 1.54) is 0 Å². The number of amides is 2. The van der Waals surface area contributed by atoms with Crippen LogP contribution in [0.4, 0.5) is 0 Å². The SMILES string of the molecule is CCC(O)CNC(=O)CCNC(=O)C(C)(C)C. The Balaban J connectivity index is 3.69. The Bertz CT molecular complexity index is 259. The highest BCUT2D eigenvalue weighted by Gasteiger charge is 2.20. The van der Waals surface area contributed by atoms with Gasteiger partial charge in [0.05, 0.1) is 6.10 Å². The first kappa shape index (κ1) is 15.9. The molecule has 0 aromatic rings. The van der Waals surface area contributed by atoms with Crippen LogP contribution in [0.1, 0.15) is 40.5 Å². The fraction of sp³-hybridized carbons (Fsp3) is 0.833. The van der Waals surface area contributed by atoms with Gasteiger partial charge in [0, 0.05) is 24.9 Å². The lowest BCUT2D eigenvalue weighted by Gasteiger charge is -2.17. The summed E-state index contributed by atoms with van der Waals surface area (Å²) in [5, 5.41) is 14.5. The van der Waals surface area contributed by atoms with E-state index in [4.69, 9.17) is 0 Å². The molecule has 0 aliphatic carbocycles. The molecule has 5 heteroatoms. The molecule has 100 valence electrons. The smallest absolute Gasteiger partial charge is 0.225 e. The van der Waals surface area contributed by atoms with Gasteiger partial charge in [0.2, 0.25) is 11.8 Å². The van der Waals surface area contributed by atoms with Gasteiger partial charge in [-0.1, -0.05) is 27.7 Å². The van der Waals surface area contributed by atoms with Crippen LogP contribution in [0, 0.1) is 5.41 Å². The average molecular weight is 244 g/mol. The minimum atomic E-state index is -0.497. The maximum absolute atomic E-state index is 11.5.